The maximum Gasteiger partial charge on any atom is 1.00 e. The number of rotatable bonds is 0. The van der Waals surface area contributed by atoms with E-state index in [1.54, 1.807) is 11.1 Å². The van der Waals surface area contributed by atoms with E-state index in [-0.39, 0.29) is 40.6 Å². The van der Waals surface area contributed by atoms with Crippen LogP contribution < -0.4 is 37.7 Å². The van der Waals surface area contributed by atoms with Crippen molar-refractivity contribution in [3.05, 3.63) is 22.3 Å². The average molecular weight is 152 g/mol. The summed E-state index contributed by atoms with van der Waals surface area (Å²) < 4.78 is 0. The molecule has 0 saturated carbocycles. The molecule has 0 atom stereocenters. The third-order valence-corrected chi connectivity index (χ3v) is 3.04. The van der Waals surface area contributed by atoms with Crippen LogP contribution in [0.3, 0.4) is 0 Å². The van der Waals surface area contributed by atoms with Gasteiger partial charge in [-0.1, -0.05) is 18.1 Å². The zero-order valence-corrected chi connectivity index (χ0v) is 9.58. The Bertz CT molecular complexity index is 208. The topological polar surface area (TPSA) is 0 Å². The van der Waals surface area contributed by atoms with Crippen LogP contribution in [0.2, 0.25) is 0 Å². The van der Waals surface area contributed by atoms with Crippen molar-refractivity contribution in [2.24, 2.45) is 5.92 Å². The summed E-state index contributed by atoms with van der Waals surface area (Å²) in [6.45, 7) is 11.2. The average Bonchev–Trinajstić information content (AvgIpc) is 2.07. The number of allylic oxidation sites excluding steroid dienone is 4. The summed E-state index contributed by atoms with van der Waals surface area (Å²) in [6, 6.07) is 0. The zero-order chi connectivity index (χ0) is 7.89. The second kappa shape index (κ2) is 5.41. The largest absolute Gasteiger partial charge is 1.00 e. The summed E-state index contributed by atoms with van der Waals surface area (Å²) in [7, 11) is 0. The second-order valence-corrected chi connectivity index (χ2v) is 3.34. The van der Waals surface area contributed by atoms with Crippen LogP contribution in [0.4, 0.5) is 0 Å². The first-order valence-corrected chi connectivity index (χ1v) is 3.90. The van der Waals surface area contributed by atoms with E-state index in [4.69, 9.17) is 0 Å². The van der Waals surface area contributed by atoms with Crippen LogP contribution in [0.1, 0.15) is 37.5 Å². The van der Waals surface area contributed by atoms with Gasteiger partial charge in [0.05, 0.1) is 0 Å². The fourth-order valence-electron chi connectivity index (χ4n) is 1.57. The van der Waals surface area contributed by atoms with Crippen LogP contribution in [0.15, 0.2) is 22.3 Å². The Kier molecular flexibility index (Phi) is 6.84. The van der Waals surface area contributed by atoms with Crippen LogP contribution in [-0.2, 0) is 0 Å². The SMILES string of the molecule is CC1=C(C)C(C)C(C)=C1C.[H-].[H-].[Li+].[Li+]. The molecule has 0 aromatic heterocycles. The van der Waals surface area contributed by atoms with Gasteiger partial charge in [0, 0.05) is 0 Å². The first-order chi connectivity index (χ1) is 4.55. The van der Waals surface area contributed by atoms with Gasteiger partial charge >= 0.3 is 37.7 Å². The van der Waals surface area contributed by atoms with Gasteiger partial charge in [-0.3, -0.25) is 0 Å². The van der Waals surface area contributed by atoms with Gasteiger partial charge in [-0.05, 0) is 44.8 Å². The molecule has 1 aliphatic carbocycles. The van der Waals surface area contributed by atoms with E-state index in [1.807, 2.05) is 0 Å². The van der Waals surface area contributed by atoms with Gasteiger partial charge in [-0.25, -0.2) is 0 Å². The van der Waals surface area contributed by atoms with Crippen LogP contribution in [0.5, 0.6) is 0 Å². The van der Waals surface area contributed by atoms with Gasteiger partial charge in [0.15, 0.2) is 0 Å². The molecule has 1 rings (SSSR count). The summed E-state index contributed by atoms with van der Waals surface area (Å²) in [5, 5.41) is 0. The van der Waals surface area contributed by atoms with Gasteiger partial charge in [-0.2, -0.15) is 0 Å². The van der Waals surface area contributed by atoms with Crippen molar-refractivity contribution >= 4 is 0 Å². The molecular formula is C10H18Li2. The monoisotopic (exact) mass is 152 g/mol. The minimum atomic E-state index is 0. The van der Waals surface area contributed by atoms with E-state index >= 15 is 0 Å². The van der Waals surface area contributed by atoms with E-state index in [2.05, 4.69) is 34.6 Å². The Balaban J connectivity index is -0.000000125. The molecule has 0 nitrogen and oxygen atoms in total. The van der Waals surface area contributed by atoms with E-state index < -0.39 is 0 Å². The van der Waals surface area contributed by atoms with Crippen molar-refractivity contribution in [1.29, 1.82) is 0 Å². The number of hydrogen-bond donors (Lipinski definition) is 0. The molecule has 2 heteroatoms. The Hall–Kier alpha value is 0.675. The summed E-state index contributed by atoms with van der Waals surface area (Å²) in [5.41, 5.74) is 6.11. The molecular weight excluding hydrogens is 134 g/mol. The Morgan fingerprint density at radius 2 is 1.08 bits per heavy atom. The molecule has 0 N–H and O–H groups in total. The van der Waals surface area contributed by atoms with Crippen molar-refractivity contribution in [3.8, 4) is 0 Å². The normalized spacial score (nSPS) is 17.8. The maximum absolute atomic E-state index is 2.28. The van der Waals surface area contributed by atoms with Crippen molar-refractivity contribution in [2.45, 2.75) is 34.6 Å². The third kappa shape index (κ3) is 2.34. The molecule has 1 aliphatic rings. The second-order valence-electron chi connectivity index (χ2n) is 3.34. The van der Waals surface area contributed by atoms with E-state index in [1.165, 1.54) is 11.1 Å². The predicted octanol–water partition coefficient (Wildman–Crippen LogP) is -2.46. The molecule has 0 aromatic carbocycles. The minimum Gasteiger partial charge on any atom is -1.00 e. The van der Waals surface area contributed by atoms with Crippen molar-refractivity contribution in [2.75, 3.05) is 0 Å². The van der Waals surface area contributed by atoms with Gasteiger partial charge in [0.25, 0.3) is 0 Å². The fourth-order valence-corrected chi connectivity index (χ4v) is 1.57. The maximum atomic E-state index is 2.28. The molecule has 0 unspecified atom stereocenters. The summed E-state index contributed by atoms with van der Waals surface area (Å²) in [5.74, 6) is 0.694. The Labute approximate surface area is 103 Å². The molecule has 0 aliphatic heterocycles. The summed E-state index contributed by atoms with van der Waals surface area (Å²) in [4.78, 5) is 0. The molecule has 12 heavy (non-hydrogen) atoms. The molecule has 0 fully saturated rings. The van der Waals surface area contributed by atoms with Gasteiger partial charge in [0.1, 0.15) is 0 Å². The number of hydrogen-bond acceptors (Lipinski definition) is 0. The molecule has 0 spiro atoms. The van der Waals surface area contributed by atoms with Crippen molar-refractivity contribution in [3.63, 3.8) is 0 Å². The van der Waals surface area contributed by atoms with Crippen LogP contribution >= 0.6 is 0 Å². The molecule has 0 bridgehead atoms. The first-order valence-electron chi connectivity index (χ1n) is 3.90. The molecule has 0 amide bonds. The smallest absolute Gasteiger partial charge is 1.00 e. The molecule has 60 valence electrons. The van der Waals surface area contributed by atoms with E-state index in [0.717, 1.165) is 0 Å². The molecule has 0 heterocycles. The van der Waals surface area contributed by atoms with Gasteiger partial charge in [-0.15, -0.1) is 0 Å². The molecule has 0 aromatic rings. The van der Waals surface area contributed by atoms with Crippen LogP contribution in [0, 0.1) is 5.92 Å². The fraction of sp³-hybridized carbons (Fsp3) is 0.600. The zero-order valence-electron chi connectivity index (χ0n) is 11.6. The Morgan fingerprint density at radius 1 is 0.833 bits per heavy atom. The standard InChI is InChI=1S/C10H16.2Li.2H/c1-6-7(2)9(4)10(5)8(6)3;;;;/h6H,1-5H3;;;;/q;2*+1;2*-1. The molecule has 0 saturated heterocycles. The predicted molar refractivity (Wildman–Crippen MR) is 48.1 cm³/mol. The third-order valence-electron chi connectivity index (χ3n) is 3.04. The van der Waals surface area contributed by atoms with Crippen molar-refractivity contribution in [1.82, 2.24) is 0 Å². The summed E-state index contributed by atoms with van der Waals surface area (Å²) >= 11 is 0. The summed E-state index contributed by atoms with van der Waals surface area (Å²) in [6.07, 6.45) is 0. The van der Waals surface area contributed by atoms with Gasteiger partial charge < -0.3 is 2.85 Å². The van der Waals surface area contributed by atoms with Crippen molar-refractivity contribution < 1.29 is 40.6 Å². The molecule has 0 radical (unpaired) electrons. The quantitative estimate of drug-likeness (QED) is 0.338. The van der Waals surface area contributed by atoms with Gasteiger partial charge in [0.2, 0.25) is 0 Å². The first kappa shape index (κ1) is 15.2. The Morgan fingerprint density at radius 3 is 1.17 bits per heavy atom. The van der Waals surface area contributed by atoms with Crippen LogP contribution in [-0.4, -0.2) is 0 Å². The minimum absolute atomic E-state index is 0. The van der Waals surface area contributed by atoms with E-state index in [9.17, 15) is 0 Å². The van der Waals surface area contributed by atoms with E-state index in [0.29, 0.717) is 5.92 Å². The van der Waals surface area contributed by atoms with Crippen LogP contribution in [0.25, 0.3) is 0 Å².